The molecule has 6 rings (SSSR count). The van der Waals surface area contributed by atoms with Crippen molar-refractivity contribution in [1.82, 2.24) is 59.1 Å². The summed E-state index contributed by atoms with van der Waals surface area (Å²) in [6.45, 7) is 26.4. The zero-order valence-electron chi connectivity index (χ0n) is 32.2. The van der Waals surface area contributed by atoms with E-state index >= 15 is 0 Å². The molecule has 0 aromatic carbocycles. The van der Waals surface area contributed by atoms with E-state index in [1.54, 1.807) is 12.5 Å². The molecule has 272 valence electrons. The molecule has 13 nitrogen and oxygen atoms in total. The van der Waals surface area contributed by atoms with Crippen LogP contribution in [0.25, 0.3) is 0 Å². The number of H-pyrrole nitrogens is 1. The van der Waals surface area contributed by atoms with Crippen LogP contribution in [0.4, 0.5) is 0 Å². The largest absolute Gasteiger partial charge is 0.392 e. The first-order valence-electron chi connectivity index (χ1n) is 17.6. The van der Waals surface area contributed by atoms with Crippen molar-refractivity contribution >= 4 is 0 Å². The van der Waals surface area contributed by atoms with Gasteiger partial charge in [-0.2, -0.15) is 10.2 Å². The third-order valence-electron chi connectivity index (χ3n) is 7.79. The standard InChI is InChI=1S/C8H13N3.C7H13N3.C7H12N2O.2C7H12N2/c1-6(2)8-10-9-5-11(8)7-3-4-7;1-4-10-5-8-9-7(10)6(2)3;1-5(2)7-6(4-10)3-8-9-7;1-6(2)7-8-4-5-9(7)3;1-6(2)9-7(3)4-5-8-9/h5-7H,3-4H2,1-2H3;5-6H,4H2,1-3H3;3,5,10H,4H2,1-2H3,(H,8,9);2*4-6H,1-3H3. The van der Waals surface area contributed by atoms with Gasteiger partial charge in [-0.3, -0.25) is 9.78 Å². The highest BCUT2D eigenvalue weighted by Gasteiger charge is 2.26. The summed E-state index contributed by atoms with van der Waals surface area (Å²) in [5.41, 5.74) is 3.16. The molecule has 0 aliphatic heterocycles. The minimum Gasteiger partial charge on any atom is -0.392 e. The average molecular weight is 679 g/mol. The van der Waals surface area contributed by atoms with Crippen LogP contribution in [0.1, 0.15) is 159 Å². The highest BCUT2D eigenvalue weighted by molar-refractivity contribution is 5.18. The van der Waals surface area contributed by atoms with Crippen molar-refractivity contribution in [2.24, 2.45) is 7.05 Å². The number of hydrogen-bond donors (Lipinski definition) is 2. The number of aliphatic hydroxyl groups excluding tert-OH is 1. The number of rotatable bonds is 8. The molecule has 0 unspecified atom stereocenters. The summed E-state index contributed by atoms with van der Waals surface area (Å²) >= 11 is 0. The monoisotopic (exact) mass is 679 g/mol. The Kier molecular flexibility index (Phi) is 17.1. The number of nitrogens with one attached hydrogen (secondary N) is 1. The van der Waals surface area contributed by atoms with Crippen LogP contribution in [0, 0.1) is 6.92 Å². The van der Waals surface area contributed by atoms with E-state index in [1.807, 2.05) is 47.3 Å². The van der Waals surface area contributed by atoms with E-state index in [4.69, 9.17) is 5.11 Å². The first kappa shape index (κ1) is 41.0. The summed E-state index contributed by atoms with van der Waals surface area (Å²) < 4.78 is 8.32. The molecular weight excluding hydrogens is 616 g/mol. The summed E-state index contributed by atoms with van der Waals surface area (Å²) in [6.07, 6.45) is 13.5. The number of aromatic amines is 1. The molecule has 5 aromatic rings. The molecule has 5 heterocycles. The van der Waals surface area contributed by atoms with Crippen LogP contribution >= 0.6 is 0 Å². The Labute approximate surface area is 293 Å². The quantitative estimate of drug-likeness (QED) is 0.172. The molecular formula is C36H62N12O. The Bertz CT molecular complexity index is 1470. The second-order valence-electron chi connectivity index (χ2n) is 13.8. The van der Waals surface area contributed by atoms with E-state index in [-0.39, 0.29) is 6.61 Å². The molecule has 0 atom stereocenters. The Morgan fingerprint density at radius 3 is 1.82 bits per heavy atom. The Morgan fingerprint density at radius 1 is 0.837 bits per heavy atom. The van der Waals surface area contributed by atoms with Crippen molar-refractivity contribution < 1.29 is 5.11 Å². The molecule has 1 aliphatic carbocycles. The van der Waals surface area contributed by atoms with Crippen LogP contribution in [-0.4, -0.2) is 64.2 Å². The fraction of sp³-hybridized carbons (Fsp3) is 0.639. The Morgan fingerprint density at radius 2 is 1.45 bits per heavy atom. The van der Waals surface area contributed by atoms with Gasteiger partial charge in [0, 0.05) is 79.0 Å². The maximum absolute atomic E-state index is 8.80. The lowest BCUT2D eigenvalue weighted by molar-refractivity contribution is 0.280. The summed E-state index contributed by atoms with van der Waals surface area (Å²) in [5.74, 6) is 5.26. The maximum atomic E-state index is 8.80. The van der Waals surface area contributed by atoms with Crippen LogP contribution < -0.4 is 0 Å². The fourth-order valence-corrected chi connectivity index (χ4v) is 5.06. The first-order valence-corrected chi connectivity index (χ1v) is 17.6. The second-order valence-corrected chi connectivity index (χ2v) is 13.8. The van der Waals surface area contributed by atoms with E-state index in [9.17, 15) is 0 Å². The Hall–Kier alpha value is -4.13. The number of hydrogen-bond acceptors (Lipinski definition) is 8. The van der Waals surface area contributed by atoms with Crippen molar-refractivity contribution in [2.45, 2.75) is 145 Å². The maximum Gasteiger partial charge on any atom is 0.135 e. The molecule has 0 radical (unpaired) electrons. The highest BCUT2D eigenvalue weighted by atomic mass is 16.3. The van der Waals surface area contributed by atoms with Crippen molar-refractivity contribution in [2.75, 3.05) is 0 Å². The summed E-state index contributed by atoms with van der Waals surface area (Å²) in [4.78, 5) is 4.18. The lowest BCUT2D eigenvalue weighted by Gasteiger charge is -2.06. The molecule has 1 fully saturated rings. The predicted octanol–water partition coefficient (Wildman–Crippen LogP) is 7.50. The zero-order chi connectivity index (χ0) is 36.7. The van der Waals surface area contributed by atoms with Gasteiger partial charge < -0.3 is 18.8 Å². The smallest absolute Gasteiger partial charge is 0.135 e. The molecule has 13 heteroatoms. The molecule has 1 aliphatic rings. The van der Waals surface area contributed by atoms with E-state index in [0.29, 0.717) is 35.8 Å². The van der Waals surface area contributed by atoms with Crippen molar-refractivity contribution in [3.05, 3.63) is 77.9 Å². The number of aryl methyl sites for hydroxylation is 3. The molecule has 5 aromatic heterocycles. The molecule has 0 bridgehead atoms. The van der Waals surface area contributed by atoms with Gasteiger partial charge >= 0.3 is 0 Å². The Balaban J connectivity index is 0.000000213. The number of aliphatic hydroxyl groups is 1. The third kappa shape index (κ3) is 13.0. The van der Waals surface area contributed by atoms with E-state index in [0.717, 1.165) is 35.3 Å². The average Bonchev–Trinajstić information content (AvgIpc) is 3.65. The second kappa shape index (κ2) is 20.4. The van der Waals surface area contributed by atoms with Gasteiger partial charge in [-0.05, 0) is 52.5 Å². The van der Waals surface area contributed by atoms with Crippen LogP contribution in [0.3, 0.4) is 0 Å². The molecule has 1 saturated carbocycles. The molecule has 2 N–H and O–H groups in total. The van der Waals surface area contributed by atoms with Crippen molar-refractivity contribution in [3.8, 4) is 0 Å². The van der Waals surface area contributed by atoms with Crippen LogP contribution in [0.2, 0.25) is 0 Å². The summed E-state index contributed by atoms with van der Waals surface area (Å²) in [5, 5.41) is 35.4. The number of aromatic nitrogens is 12. The van der Waals surface area contributed by atoms with Gasteiger partial charge in [0.2, 0.25) is 0 Å². The van der Waals surface area contributed by atoms with E-state index < -0.39 is 0 Å². The highest BCUT2D eigenvalue weighted by Crippen LogP contribution is 2.36. The van der Waals surface area contributed by atoms with E-state index in [2.05, 4.69) is 133 Å². The van der Waals surface area contributed by atoms with Crippen LogP contribution in [-0.2, 0) is 20.2 Å². The fourth-order valence-electron chi connectivity index (χ4n) is 5.06. The van der Waals surface area contributed by atoms with Gasteiger partial charge in [0.05, 0.1) is 12.8 Å². The van der Waals surface area contributed by atoms with Crippen molar-refractivity contribution in [1.29, 1.82) is 0 Å². The van der Waals surface area contributed by atoms with Crippen LogP contribution in [0.5, 0.6) is 0 Å². The molecule has 0 spiro atoms. The molecule has 49 heavy (non-hydrogen) atoms. The zero-order valence-corrected chi connectivity index (χ0v) is 32.2. The van der Waals surface area contributed by atoms with E-state index in [1.165, 1.54) is 18.5 Å². The number of imidazole rings is 1. The van der Waals surface area contributed by atoms with Gasteiger partial charge in [0.1, 0.15) is 30.1 Å². The lowest BCUT2D eigenvalue weighted by atomic mass is 10.1. The van der Waals surface area contributed by atoms with Gasteiger partial charge in [-0.1, -0.05) is 55.4 Å². The van der Waals surface area contributed by atoms with Gasteiger partial charge in [0.25, 0.3) is 0 Å². The van der Waals surface area contributed by atoms with Gasteiger partial charge in [-0.15, -0.1) is 20.4 Å². The normalized spacial score (nSPS) is 12.3. The first-order chi connectivity index (χ1) is 23.2. The summed E-state index contributed by atoms with van der Waals surface area (Å²) in [7, 11) is 2.02. The lowest BCUT2D eigenvalue weighted by Crippen LogP contribution is -2.03. The predicted molar refractivity (Wildman–Crippen MR) is 195 cm³/mol. The minimum atomic E-state index is 0.0734. The summed E-state index contributed by atoms with van der Waals surface area (Å²) in [6, 6.07) is 3.21. The molecule has 0 saturated heterocycles. The van der Waals surface area contributed by atoms with Crippen molar-refractivity contribution in [3.63, 3.8) is 0 Å². The minimum absolute atomic E-state index is 0.0734. The SMILES string of the molecule is CC(C)c1[nH]ncc1CO.CC(C)c1nccn1C.CC(C)c1nncn1C1CC1.CCn1cnnc1C(C)C.Cc1ccnn1C(C)C. The van der Waals surface area contributed by atoms with Crippen LogP contribution in [0.15, 0.2) is 43.5 Å². The number of nitrogens with zero attached hydrogens (tertiary/aromatic N) is 11. The topological polar surface area (TPSA) is 146 Å². The van der Waals surface area contributed by atoms with Gasteiger partial charge in [0.15, 0.2) is 0 Å². The third-order valence-corrected chi connectivity index (χ3v) is 7.79. The molecule has 0 amide bonds. The van der Waals surface area contributed by atoms with Gasteiger partial charge in [-0.25, -0.2) is 4.98 Å².